The van der Waals surface area contributed by atoms with Crippen LogP contribution in [0.2, 0.25) is 0 Å². The monoisotopic (exact) mass is 271 g/mol. The highest BCUT2D eigenvalue weighted by Gasteiger charge is 2.34. The highest BCUT2D eigenvalue weighted by atomic mass is 32.2. The number of ether oxygens (including phenoxy) is 1. The van der Waals surface area contributed by atoms with Crippen molar-refractivity contribution in [3.63, 3.8) is 0 Å². The molecule has 0 amide bonds. The predicted octanol–water partition coefficient (Wildman–Crippen LogP) is -0.119. The van der Waals surface area contributed by atoms with Crippen LogP contribution < -0.4 is 11.3 Å². The fourth-order valence-corrected chi connectivity index (χ4v) is 2.56. The van der Waals surface area contributed by atoms with Crippen LogP contribution in [0.1, 0.15) is 18.2 Å². The van der Waals surface area contributed by atoms with Gasteiger partial charge in [0.25, 0.3) is 5.56 Å². The fraction of sp³-hybridized carbons (Fsp3) is 0.636. The van der Waals surface area contributed by atoms with Crippen molar-refractivity contribution in [3.05, 3.63) is 22.1 Å². The van der Waals surface area contributed by atoms with E-state index in [2.05, 4.69) is 4.98 Å². The normalized spacial score (nSPS) is 27.7. The number of aryl methyl sites for hydroxylation is 1. The van der Waals surface area contributed by atoms with Gasteiger partial charge in [-0.15, -0.1) is 0 Å². The standard InChI is InChI=1S/C11H17N3O3S/c1-6-4-14(11(18-2)13-10(6)16)9-3-7(12)8(5-15)17-9/h4,7-9,15H,3,5,12H2,1-2H3/t7-,8+,9-/m0/s1. The van der Waals surface area contributed by atoms with Gasteiger partial charge in [-0.2, -0.15) is 4.98 Å². The number of thioether (sulfide) groups is 1. The Hall–Kier alpha value is -0.890. The molecule has 0 bridgehead atoms. The van der Waals surface area contributed by atoms with Crippen molar-refractivity contribution in [2.45, 2.75) is 36.9 Å². The quantitative estimate of drug-likeness (QED) is 0.588. The minimum atomic E-state index is -0.357. The minimum Gasteiger partial charge on any atom is -0.394 e. The van der Waals surface area contributed by atoms with E-state index in [1.165, 1.54) is 11.8 Å². The van der Waals surface area contributed by atoms with E-state index in [9.17, 15) is 4.79 Å². The molecule has 2 heterocycles. The summed E-state index contributed by atoms with van der Waals surface area (Å²) in [6.45, 7) is 1.62. The van der Waals surface area contributed by atoms with Crippen molar-refractivity contribution in [1.82, 2.24) is 9.55 Å². The molecule has 18 heavy (non-hydrogen) atoms. The van der Waals surface area contributed by atoms with Crippen molar-refractivity contribution < 1.29 is 9.84 Å². The Morgan fingerprint density at radius 1 is 1.72 bits per heavy atom. The van der Waals surface area contributed by atoms with Crippen LogP contribution in [0.3, 0.4) is 0 Å². The van der Waals surface area contributed by atoms with Gasteiger partial charge in [0.2, 0.25) is 0 Å². The summed E-state index contributed by atoms with van der Waals surface area (Å²) in [7, 11) is 0. The van der Waals surface area contributed by atoms with Crippen LogP contribution in [0, 0.1) is 6.92 Å². The number of aliphatic hydroxyl groups excluding tert-OH is 1. The summed E-state index contributed by atoms with van der Waals surface area (Å²) < 4.78 is 7.50. The topological polar surface area (TPSA) is 90.4 Å². The highest BCUT2D eigenvalue weighted by molar-refractivity contribution is 7.98. The van der Waals surface area contributed by atoms with E-state index in [1.807, 2.05) is 10.8 Å². The molecule has 3 N–H and O–H groups in total. The smallest absolute Gasteiger partial charge is 0.276 e. The first-order valence-electron chi connectivity index (χ1n) is 5.72. The molecule has 0 spiro atoms. The number of nitrogens with two attached hydrogens (primary N) is 1. The Morgan fingerprint density at radius 3 is 3.00 bits per heavy atom. The lowest BCUT2D eigenvalue weighted by atomic mass is 10.1. The number of hydrogen-bond donors (Lipinski definition) is 2. The molecule has 6 nitrogen and oxygen atoms in total. The van der Waals surface area contributed by atoms with Crippen LogP contribution in [0.25, 0.3) is 0 Å². The van der Waals surface area contributed by atoms with E-state index in [-0.39, 0.29) is 30.5 Å². The first-order valence-corrected chi connectivity index (χ1v) is 6.95. The van der Waals surface area contributed by atoms with E-state index in [0.717, 1.165) is 0 Å². The maximum absolute atomic E-state index is 11.5. The Bertz CT molecular complexity index is 491. The van der Waals surface area contributed by atoms with Crippen LogP contribution in [-0.2, 0) is 4.74 Å². The van der Waals surface area contributed by atoms with Crippen molar-refractivity contribution in [3.8, 4) is 0 Å². The Morgan fingerprint density at radius 2 is 2.44 bits per heavy atom. The average Bonchev–Trinajstić information content (AvgIpc) is 2.73. The molecular weight excluding hydrogens is 254 g/mol. The number of nitrogens with zero attached hydrogens (tertiary/aromatic N) is 2. The van der Waals surface area contributed by atoms with Crippen LogP contribution in [0.4, 0.5) is 0 Å². The summed E-state index contributed by atoms with van der Waals surface area (Å²) in [5.74, 6) is 0. The van der Waals surface area contributed by atoms with Gasteiger partial charge in [-0.3, -0.25) is 4.79 Å². The number of rotatable bonds is 3. The maximum atomic E-state index is 11.5. The summed E-state index contributed by atoms with van der Waals surface area (Å²) in [5, 5.41) is 9.74. The molecule has 1 aromatic rings. The molecule has 1 aromatic heterocycles. The summed E-state index contributed by atoms with van der Waals surface area (Å²) in [6, 6.07) is -0.200. The first kappa shape index (κ1) is 13.5. The lowest BCUT2D eigenvalue weighted by Crippen LogP contribution is -2.32. The van der Waals surface area contributed by atoms with E-state index >= 15 is 0 Å². The molecule has 0 saturated carbocycles. The summed E-state index contributed by atoms with van der Waals surface area (Å²) >= 11 is 1.38. The predicted molar refractivity (Wildman–Crippen MR) is 68.6 cm³/mol. The Kier molecular flexibility index (Phi) is 4.06. The Labute approximate surface area is 109 Å². The zero-order valence-electron chi connectivity index (χ0n) is 10.4. The van der Waals surface area contributed by atoms with Crippen molar-refractivity contribution in [2.24, 2.45) is 5.73 Å². The molecule has 0 radical (unpaired) electrons. The third-order valence-corrected chi connectivity index (χ3v) is 3.71. The van der Waals surface area contributed by atoms with E-state index in [4.69, 9.17) is 15.6 Å². The molecule has 1 aliphatic rings. The molecule has 0 aromatic carbocycles. The molecule has 3 atom stereocenters. The molecule has 1 saturated heterocycles. The van der Waals surface area contributed by atoms with Crippen LogP contribution in [0.15, 0.2) is 16.1 Å². The molecule has 0 aliphatic carbocycles. The second kappa shape index (κ2) is 5.40. The van der Waals surface area contributed by atoms with Gasteiger partial charge in [-0.1, -0.05) is 11.8 Å². The number of aliphatic hydroxyl groups is 1. The van der Waals surface area contributed by atoms with Crippen molar-refractivity contribution >= 4 is 11.8 Å². The van der Waals surface area contributed by atoms with Crippen LogP contribution in [0.5, 0.6) is 0 Å². The van der Waals surface area contributed by atoms with Crippen LogP contribution >= 0.6 is 11.8 Å². The lowest BCUT2D eigenvalue weighted by molar-refractivity contribution is -0.0297. The number of aromatic nitrogens is 2. The molecule has 2 rings (SSSR count). The summed E-state index contributed by atoms with van der Waals surface area (Å²) in [4.78, 5) is 15.5. The van der Waals surface area contributed by atoms with Gasteiger partial charge < -0.3 is 20.1 Å². The molecule has 0 unspecified atom stereocenters. The number of hydrogen-bond acceptors (Lipinski definition) is 6. The van der Waals surface area contributed by atoms with Gasteiger partial charge in [-0.25, -0.2) is 0 Å². The van der Waals surface area contributed by atoms with Gasteiger partial charge in [0.1, 0.15) is 6.23 Å². The van der Waals surface area contributed by atoms with Gasteiger partial charge in [0, 0.05) is 24.2 Å². The van der Waals surface area contributed by atoms with Gasteiger partial charge in [0.05, 0.1) is 12.7 Å². The average molecular weight is 271 g/mol. The third kappa shape index (κ3) is 2.44. The molecule has 1 aliphatic heterocycles. The lowest BCUT2D eigenvalue weighted by Gasteiger charge is -2.18. The van der Waals surface area contributed by atoms with Crippen molar-refractivity contribution in [2.75, 3.05) is 12.9 Å². The molecule has 100 valence electrons. The van der Waals surface area contributed by atoms with Crippen molar-refractivity contribution in [1.29, 1.82) is 0 Å². The molecule has 1 fully saturated rings. The second-order valence-electron chi connectivity index (χ2n) is 4.33. The fourth-order valence-electron chi connectivity index (χ4n) is 2.01. The van der Waals surface area contributed by atoms with Gasteiger partial charge >= 0.3 is 0 Å². The summed E-state index contributed by atoms with van der Waals surface area (Å²) in [6.07, 6.45) is 3.56. The van der Waals surface area contributed by atoms with Gasteiger partial charge in [0.15, 0.2) is 5.16 Å². The molecular formula is C11H17N3O3S. The van der Waals surface area contributed by atoms with E-state index in [1.54, 1.807) is 13.1 Å². The van der Waals surface area contributed by atoms with E-state index in [0.29, 0.717) is 17.1 Å². The SMILES string of the molecule is CSc1nc(=O)c(C)cn1[C@@H]1C[C@H](N)[C@@H](CO)O1. The second-order valence-corrected chi connectivity index (χ2v) is 5.11. The van der Waals surface area contributed by atoms with Gasteiger partial charge in [-0.05, 0) is 13.2 Å². The molecule has 7 heteroatoms. The third-order valence-electron chi connectivity index (χ3n) is 3.04. The summed E-state index contributed by atoms with van der Waals surface area (Å²) in [5.41, 5.74) is 6.23. The minimum absolute atomic E-state index is 0.0983. The van der Waals surface area contributed by atoms with Crippen LogP contribution in [-0.4, -0.2) is 39.7 Å². The maximum Gasteiger partial charge on any atom is 0.276 e. The van der Waals surface area contributed by atoms with E-state index < -0.39 is 0 Å². The highest BCUT2D eigenvalue weighted by Crippen LogP contribution is 2.29. The largest absolute Gasteiger partial charge is 0.394 e. The first-order chi connectivity index (χ1) is 8.56. The zero-order chi connectivity index (χ0) is 13.3. The Balaban J connectivity index is 2.34. The zero-order valence-corrected chi connectivity index (χ0v) is 11.2.